The Hall–Kier alpha value is -3.64. The molecule has 0 unspecified atom stereocenters. The highest BCUT2D eigenvalue weighted by molar-refractivity contribution is 6.11. The van der Waals surface area contributed by atoms with Crippen LogP contribution in [0.3, 0.4) is 0 Å². The van der Waals surface area contributed by atoms with E-state index < -0.39 is 0 Å². The number of hydrogen-bond acceptors (Lipinski definition) is 0. The lowest BCUT2D eigenvalue weighted by Gasteiger charge is -2.12. The molecule has 0 N–H and O–H groups in total. The van der Waals surface area contributed by atoms with Crippen molar-refractivity contribution in [2.45, 2.75) is 0 Å². The van der Waals surface area contributed by atoms with E-state index in [1.165, 1.54) is 37.7 Å². The van der Waals surface area contributed by atoms with Crippen LogP contribution < -0.4 is 0 Å². The van der Waals surface area contributed by atoms with Gasteiger partial charge in [0, 0.05) is 0 Å². The summed E-state index contributed by atoms with van der Waals surface area (Å²) in [6, 6.07) is 36.8. The van der Waals surface area contributed by atoms with Crippen molar-refractivity contribution in [1.82, 2.24) is 0 Å². The first-order chi connectivity index (χ1) is 14.3. The maximum absolute atomic E-state index is 8.74. The number of fused-ring (bicyclic) bond motifs is 4. The molecule has 6 rings (SSSR count). The molecule has 0 aliphatic rings. The molecule has 130 valence electrons. The summed E-state index contributed by atoms with van der Waals surface area (Å²) in [4.78, 5) is 0. The minimum atomic E-state index is 0.563. The van der Waals surface area contributed by atoms with E-state index in [4.69, 9.17) is 1.37 Å². The molecule has 0 heterocycles. The third kappa shape index (κ3) is 2.32. The van der Waals surface area contributed by atoms with Crippen LogP contribution in [0.5, 0.6) is 0 Å². The van der Waals surface area contributed by atoms with Crippen LogP contribution in [0.25, 0.3) is 54.2 Å². The van der Waals surface area contributed by atoms with Crippen molar-refractivity contribution in [1.29, 1.82) is 0 Å². The van der Waals surface area contributed by atoms with Gasteiger partial charge in [0.05, 0.1) is 1.37 Å². The van der Waals surface area contributed by atoms with Gasteiger partial charge in [-0.25, -0.2) is 0 Å². The molecule has 0 spiro atoms. The highest BCUT2D eigenvalue weighted by Crippen LogP contribution is 2.37. The molecule has 0 aliphatic heterocycles. The van der Waals surface area contributed by atoms with Crippen LogP contribution in [-0.2, 0) is 0 Å². The second kappa shape index (κ2) is 5.94. The molecule has 6 aromatic carbocycles. The number of benzene rings is 6. The standard InChI is InChI=1S/C28H18/c1-3-9-21-17-27-23(15-19(21)7-1)11-5-13-25(27)26-14-6-12-24-16-20-8-2-4-10-22(20)18-28(24)26/h1-18H/i13D. The van der Waals surface area contributed by atoms with E-state index in [2.05, 4.69) is 97.1 Å². The van der Waals surface area contributed by atoms with Gasteiger partial charge in [-0.15, -0.1) is 0 Å². The normalized spacial score (nSPS) is 12.1. The van der Waals surface area contributed by atoms with E-state index in [0.717, 1.165) is 16.5 Å². The highest BCUT2D eigenvalue weighted by Gasteiger charge is 2.09. The quantitative estimate of drug-likeness (QED) is 0.262. The molecule has 6 aromatic rings. The lowest BCUT2D eigenvalue weighted by Crippen LogP contribution is -1.85. The average molecular weight is 355 g/mol. The van der Waals surface area contributed by atoms with Crippen molar-refractivity contribution in [2.75, 3.05) is 0 Å². The van der Waals surface area contributed by atoms with Gasteiger partial charge in [-0.2, -0.15) is 0 Å². The Labute approximate surface area is 165 Å². The lowest BCUT2D eigenvalue weighted by molar-refractivity contribution is 1.70. The van der Waals surface area contributed by atoms with E-state index in [-0.39, 0.29) is 0 Å². The Bertz CT molecular complexity index is 1560. The zero-order valence-electron chi connectivity index (χ0n) is 16.3. The first kappa shape index (κ1) is 14.4. The molecular weight excluding hydrogens is 336 g/mol. The first-order valence-electron chi connectivity index (χ1n) is 10.1. The third-order valence-corrected chi connectivity index (χ3v) is 5.69. The Kier molecular flexibility index (Phi) is 3.06. The zero-order chi connectivity index (χ0) is 19.4. The van der Waals surface area contributed by atoms with Crippen LogP contribution in [-0.4, -0.2) is 0 Å². The molecule has 0 atom stereocenters. The van der Waals surface area contributed by atoms with Crippen LogP contribution >= 0.6 is 0 Å². The fourth-order valence-corrected chi connectivity index (χ4v) is 4.31. The summed E-state index contributed by atoms with van der Waals surface area (Å²) in [5.74, 6) is 0. The van der Waals surface area contributed by atoms with E-state index in [1.807, 2.05) is 6.07 Å². The molecule has 0 fully saturated rings. The van der Waals surface area contributed by atoms with Crippen LogP contribution in [0.4, 0.5) is 0 Å². The maximum atomic E-state index is 8.74. The van der Waals surface area contributed by atoms with Crippen LogP contribution in [0.15, 0.2) is 109 Å². The van der Waals surface area contributed by atoms with Gasteiger partial charge < -0.3 is 0 Å². The summed E-state index contributed by atoms with van der Waals surface area (Å²) in [5, 5.41) is 9.62. The van der Waals surface area contributed by atoms with Gasteiger partial charge in [0.2, 0.25) is 0 Å². The smallest absolute Gasteiger partial charge is 0.0616 e. The molecule has 0 bridgehead atoms. The summed E-state index contributed by atoms with van der Waals surface area (Å²) in [6.07, 6.45) is 0. The second-order valence-electron chi connectivity index (χ2n) is 7.37. The minimum absolute atomic E-state index is 0.563. The van der Waals surface area contributed by atoms with Crippen LogP contribution in [0.1, 0.15) is 1.37 Å². The SMILES string of the molecule is [2H]c1ccc2cc3ccccc3cc2c1-c1cccc2cc3ccccc3cc12. The summed E-state index contributed by atoms with van der Waals surface area (Å²) in [5.41, 5.74) is 2.13. The summed E-state index contributed by atoms with van der Waals surface area (Å²) >= 11 is 0. The van der Waals surface area contributed by atoms with Gasteiger partial charge in [0.15, 0.2) is 0 Å². The van der Waals surface area contributed by atoms with Gasteiger partial charge in [0.25, 0.3) is 0 Å². The fourth-order valence-electron chi connectivity index (χ4n) is 4.31. The predicted molar refractivity (Wildman–Crippen MR) is 122 cm³/mol. The monoisotopic (exact) mass is 355 g/mol. The predicted octanol–water partition coefficient (Wildman–Crippen LogP) is 7.97. The molecule has 28 heavy (non-hydrogen) atoms. The zero-order valence-corrected chi connectivity index (χ0v) is 15.3. The van der Waals surface area contributed by atoms with E-state index in [0.29, 0.717) is 6.04 Å². The van der Waals surface area contributed by atoms with Crippen LogP contribution in [0, 0.1) is 0 Å². The molecule has 0 aliphatic carbocycles. The van der Waals surface area contributed by atoms with Gasteiger partial charge in [-0.3, -0.25) is 0 Å². The van der Waals surface area contributed by atoms with E-state index >= 15 is 0 Å². The molecule has 0 nitrogen and oxygen atoms in total. The second-order valence-corrected chi connectivity index (χ2v) is 7.37. The van der Waals surface area contributed by atoms with Crippen molar-refractivity contribution < 1.29 is 1.37 Å². The maximum Gasteiger partial charge on any atom is 0.0629 e. The van der Waals surface area contributed by atoms with Gasteiger partial charge in [0.1, 0.15) is 0 Å². The van der Waals surface area contributed by atoms with Crippen molar-refractivity contribution in [2.24, 2.45) is 0 Å². The Balaban J connectivity index is 1.75. The Morgan fingerprint density at radius 1 is 0.393 bits per heavy atom. The largest absolute Gasteiger partial charge is 0.0629 e. The molecule has 0 aromatic heterocycles. The van der Waals surface area contributed by atoms with Crippen molar-refractivity contribution in [3.05, 3.63) is 109 Å². The first-order valence-corrected chi connectivity index (χ1v) is 9.62. The molecule has 0 heteroatoms. The van der Waals surface area contributed by atoms with Crippen molar-refractivity contribution >= 4 is 43.1 Å². The minimum Gasteiger partial charge on any atom is -0.0616 e. The van der Waals surface area contributed by atoms with Gasteiger partial charge >= 0.3 is 0 Å². The molecule has 0 saturated carbocycles. The van der Waals surface area contributed by atoms with Crippen molar-refractivity contribution in [3.8, 4) is 11.1 Å². The highest BCUT2D eigenvalue weighted by atomic mass is 14.1. The summed E-state index contributed by atoms with van der Waals surface area (Å²) < 4.78 is 8.74. The Morgan fingerprint density at radius 2 is 0.857 bits per heavy atom. The third-order valence-electron chi connectivity index (χ3n) is 5.69. The van der Waals surface area contributed by atoms with Gasteiger partial charge in [-0.1, -0.05) is 84.9 Å². The molecule has 0 radical (unpaired) electrons. The molecule has 0 saturated heterocycles. The summed E-state index contributed by atoms with van der Waals surface area (Å²) in [7, 11) is 0. The van der Waals surface area contributed by atoms with Crippen LogP contribution in [0.2, 0.25) is 0 Å². The number of hydrogen-bond donors (Lipinski definition) is 0. The lowest BCUT2D eigenvalue weighted by atomic mass is 9.91. The Morgan fingerprint density at radius 3 is 1.46 bits per heavy atom. The van der Waals surface area contributed by atoms with E-state index in [9.17, 15) is 0 Å². The molecule has 0 amide bonds. The summed E-state index contributed by atoms with van der Waals surface area (Å²) in [6.45, 7) is 0. The van der Waals surface area contributed by atoms with Gasteiger partial charge in [-0.05, 0) is 78.5 Å². The topological polar surface area (TPSA) is 0 Å². The molecular formula is C28H18. The number of rotatable bonds is 1. The van der Waals surface area contributed by atoms with Crippen molar-refractivity contribution in [3.63, 3.8) is 0 Å². The van der Waals surface area contributed by atoms with E-state index in [1.54, 1.807) is 0 Å². The fraction of sp³-hybridized carbons (Fsp3) is 0. The average Bonchev–Trinajstić information content (AvgIpc) is 2.76.